The van der Waals surface area contributed by atoms with Gasteiger partial charge in [0.15, 0.2) is 0 Å². The lowest BCUT2D eigenvalue weighted by molar-refractivity contribution is 0.718. The van der Waals surface area contributed by atoms with Gasteiger partial charge in [-0.1, -0.05) is 127 Å². The SMILES string of the molecule is C1=CC2=c3ccccc3=C(C(c3ccccc3)C3c4ccccc4-c4ccccc43)C2C=C1. The summed E-state index contributed by atoms with van der Waals surface area (Å²) in [4.78, 5) is 0. The fourth-order valence-corrected chi connectivity index (χ4v) is 6.35. The molecule has 0 fully saturated rings. The molecule has 7 rings (SSSR count). The molecule has 0 saturated heterocycles. The Kier molecular flexibility index (Phi) is 4.14. The van der Waals surface area contributed by atoms with Gasteiger partial charge in [-0.3, -0.25) is 0 Å². The first kappa shape index (κ1) is 18.7. The molecule has 0 saturated carbocycles. The number of hydrogen-bond acceptors (Lipinski definition) is 0. The highest BCUT2D eigenvalue weighted by Crippen LogP contribution is 2.55. The molecule has 4 aromatic rings. The Bertz CT molecular complexity index is 1520. The Hall–Kier alpha value is -3.90. The minimum atomic E-state index is 0.260. The van der Waals surface area contributed by atoms with E-state index in [1.807, 2.05) is 0 Å². The zero-order valence-electron chi connectivity index (χ0n) is 18.4. The van der Waals surface area contributed by atoms with E-state index in [0.29, 0.717) is 11.8 Å². The molecule has 0 spiro atoms. The summed E-state index contributed by atoms with van der Waals surface area (Å²) < 4.78 is 0. The van der Waals surface area contributed by atoms with Gasteiger partial charge in [-0.05, 0) is 49.4 Å². The summed E-state index contributed by atoms with van der Waals surface area (Å²) in [5.74, 6) is 0.870. The summed E-state index contributed by atoms with van der Waals surface area (Å²) in [6.45, 7) is 0. The predicted molar refractivity (Wildman–Crippen MR) is 137 cm³/mol. The van der Waals surface area contributed by atoms with Gasteiger partial charge in [-0.2, -0.15) is 0 Å². The Morgan fingerprint density at radius 1 is 0.545 bits per heavy atom. The summed E-state index contributed by atoms with van der Waals surface area (Å²) in [5, 5.41) is 2.79. The summed E-state index contributed by atoms with van der Waals surface area (Å²) in [5.41, 5.74) is 10.0. The van der Waals surface area contributed by atoms with Crippen LogP contribution in [0.4, 0.5) is 0 Å². The van der Waals surface area contributed by atoms with E-state index in [1.54, 1.807) is 0 Å². The monoisotopic (exact) mass is 420 g/mol. The molecule has 0 heterocycles. The summed E-state index contributed by atoms with van der Waals surface area (Å²) in [6.07, 6.45) is 9.12. The second kappa shape index (κ2) is 7.32. The van der Waals surface area contributed by atoms with Crippen molar-refractivity contribution in [2.75, 3.05) is 0 Å². The van der Waals surface area contributed by atoms with Crippen LogP contribution in [0.15, 0.2) is 127 Å². The maximum atomic E-state index is 2.40. The Morgan fingerprint density at radius 2 is 1.15 bits per heavy atom. The van der Waals surface area contributed by atoms with Crippen molar-refractivity contribution in [1.82, 2.24) is 0 Å². The largest absolute Gasteiger partial charge is 0.0729 e. The van der Waals surface area contributed by atoms with Crippen molar-refractivity contribution >= 4 is 11.1 Å². The van der Waals surface area contributed by atoms with E-state index in [9.17, 15) is 0 Å². The Labute approximate surface area is 194 Å². The highest BCUT2D eigenvalue weighted by Gasteiger charge is 2.40. The zero-order valence-corrected chi connectivity index (χ0v) is 18.4. The minimum absolute atomic E-state index is 0.260. The summed E-state index contributed by atoms with van der Waals surface area (Å²) in [7, 11) is 0. The van der Waals surface area contributed by atoms with Crippen molar-refractivity contribution in [3.8, 4) is 11.1 Å². The molecule has 3 aliphatic carbocycles. The second-order valence-electron chi connectivity index (χ2n) is 9.22. The lowest BCUT2D eigenvalue weighted by atomic mass is 9.71. The molecule has 3 aliphatic rings. The van der Waals surface area contributed by atoms with Crippen molar-refractivity contribution in [3.63, 3.8) is 0 Å². The van der Waals surface area contributed by atoms with Crippen LogP contribution in [0.25, 0.3) is 22.3 Å². The fraction of sp³-hybridized carbons (Fsp3) is 0.0909. The van der Waals surface area contributed by atoms with Gasteiger partial charge < -0.3 is 0 Å². The predicted octanol–water partition coefficient (Wildman–Crippen LogP) is 6.34. The van der Waals surface area contributed by atoms with Crippen LogP contribution in [0, 0.1) is 5.92 Å². The van der Waals surface area contributed by atoms with E-state index in [1.165, 1.54) is 49.4 Å². The second-order valence-corrected chi connectivity index (χ2v) is 9.22. The number of hydrogen-bond donors (Lipinski definition) is 0. The third kappa shape index (κ3) is 2.71. The molecule has 33 heavy (non-hydrogen) atoms. The van der Waals surface area contributed by atoms with Crippen LogP contribution in [0.1, 0.15) is 28.5 Å². The van der Waals surface area contributed by atoms with E-state index < -0.39 is 0 Å². The van der Waals surface area contributed by atoms with Crippen LogP contribution in [0.2, 0.25) is 0 Å². The third-order valence-electron chi connectivity index (χ3n) is 7.62. The first-order valence-corrected chi connectivity index (χ1v) is 11.8. The molecular formula is C33H24. The van der Waals surface area contributed by atoms with Crippen LogP contribution in [-0.2, 0) is 0 Å². The highest BCUT2D eigenvalue weighted by atomic mass is 14.4. The van der Waals surface area contributed by atoms with E-state index >= 15 is 0 Å². The van der Waals surface area contributed by atoms with Crippen molar-refractivity contribution in [2.45, 2.75) is 11.8 Å². The average molecular weight is 421 g/mol. The van der Waals surface area contributed by atoms with Gasteiger partial charge >= 0.3 is 0 Å². The van der Waals surface area contributed by atoms with Gasteiger partial charge in [0.2, 0.25) is 0 Å². The van der Waals surface area contributed by atoms with Gasteiger partial charge in [-0.15, -0.1) is 0 Å². The van der Waals surface area contributed by atoms with Crippen LogP contribution in [-0.4, -0.2) is 0 Å². The van der Waals surface area contributed by atoms with E-state index in [2.05, 4.69) is 127 Å². The average Bonchev–Trinajstić information content (AvgIpc) is 3.39. The van der Waals surface area contributed by atoms with Crippen molar-refractivity contribution in [1.29, 1.82) is 0 Å². The first-order valence-electron chi connectivity index (χ1n) is 11.8. The molecule has 4 aromatic carbocycles. The normalized spacial score (nSPS) is 18.6. The molecule has 0 bridgehead atoms. The van der Waals surface area contributed by atoms with Gasteiger partial charge in [0.05, 0.1) is 0 Å². The molecular weight excluding hydrogens is 396 g/mol. The molecule has 0 radical (unpaired) electrons. The Morgan fingerprint density at radius 3 is 1.88 bits per heavy atom. The summed E-state index contributed by atoms with van der Waals surface area (Å²) >= 11 is 0. The molecule has 156 valence electrons. The molecule has 0 N–H and O–H groups in total. The zero-order chi connectivity index (χ0) is 21.8. The lowest BCUT2D eigenvalue weighted by Crippen LogP contribution is -2.26. The van der Waals surface area contributed by atoms with Crippen molar-refractivity contribution in [2.24, 2.45) is 5.92 Å². The third-order valence-corrected chi connectivity index (χ3v) is 7.62. The van der Waals surface area contributed by atoms with Gasteiger partial charge in [0.1, 0.15) is 0 Å². The molecule has 0 aliphatic heterocycles. The van der Waals surface area contributed by atoms with Crippen molar-refractivity contribution in [3.05, 3.63) is 155 Å². The number of allylic oxidation sites excluding steroid dienone is 4. The topological polar surface area (TPSA) is 0 Å². The molecule has 0 heteroatoms. The highest BCUT2D eigenvalue weighted by molar-refractivity contribution is 5.86. The van der Waals surface area contributed by atoms with E-state index in [4.69, 9.17) is 0 Å². The lowest BCUT2D eigenvalue weighted by Gasteiger charge is -2.31. The molecule has 0 amide bonds. The first-order chi connectivity index (χ1) is 16.4. The quantitative estimate of drug-likeness (QED) is 0.363. The molecule has 2 atom stereocenters. The molecule has 0 nitrogen and oxygen atoms in total. The minimum Gasteiger partial charge on any atom is -0.0729 e. The molecule has 2 unspecified atom stereocenters. The van der Waals surface area contributed by atoms with Crippen LogP contribution in [0.5, 0.6) is 0 Å². The fourth-order valence-electron chi connectivity index (χ4n) is 6.35. The van der Waals surface area contributed by atoms with Crippen LogP contribution < -0.4 is 10.4 Å². The summed E-state index contributed by atoms with van der Waals surface area (Å²) in [6, 6.07) is 38.2. The smallest absolute Gasteiger partial charge is 0.0253 e. The van der Waals surface area contributed by atoms with Gasteiger partial charge in [0.25, 0.3) is 0 Å². The standard InChI is InChI=1S/C33H24/c1-2-12-22(13-3-1)31(32-27-18-8-4-14-23(27)24-15-5-9-19-28(24)32)33-29-20-10-6-16-25(29)26-17-7-11-21-30(26)33/h1-21,27,31,33H. The Balaban J connectivity index is 1.57. The number of benzene rings is 4. The van der Waals surface area contributed by atoms with E-state index in [0.717, 1.165) is 0 Å². The van der Waals surface area contributed by atoms with Gasteiger partial charge in [0, 0.05) is 17.8 Å². The van der Waals surface area contributed by atoms with Crippen LogP contribution in [0.3, 0.4) is 0 Å². The number of fused-ring (bicyclic) bond motifs is 5. The van der Waals surface area contributed by atoms with E-state index in [-0.39, 0.29) is 5.92 Å². The maximum Gasteiger partial charge on any atom is 0.0253 e. The maximum absolute atomic E-state index is 2.40. The number of rotatable bonds is 3. The van der Waals surface area contributed by atoms with Crippen molar-refractivity contribution < 1.29 is 0 Å². The molecule has 0 aromatic heterocycles. The van der Waals surface area contributed by atoms with Crippen LogP contribution >= 0.6 is 0 Å². The van der Waals surface area contributed by atoms with Gasteiger partial charge in [-0.25, -0.2) is 0 Å².